The molecular formula is C19H19NO4. The van der Waals surface area contributed by atoms with E-state index in [-0.39, 0.29) is 0 Å². The van der Waals surface area contributed by atoms with E-state index in [1.54, 1.807) is 14.2 Å². The molecule has 0 radical (unpaired) electrons. The first-order valence-corrected chi connectivity index (χ1v) is 7.95. The third-order valence-corrected chi connectivity index (χ3v) is 4.44. The van der Waals surface area contributed by atoms with Crippen molar-refractivity contribution in [2.75, 3.05) is 21.0 Å². The summed E-state index contributed by atoms with van der Waals surface area (Å²) >= 11 is 0. The zero-order valence-electron chi connectivity index (χ0n) is 13.8. The van der Waals surface area contributed by atoms with E-state index in [0.29, 0.717) is 13.3 Å². The van der Waals surface area contributed by atoms with Crippen LogP contribution in [0.15, 0.2) is 35.3 Å². The van der Waals surface area contributed by atoms with Gasteiger partial charge in [0.15, 0.2) is 23.0 Å². The summed E-state index contributed by atoms with van der Waals surface area (Å²) in [6.07, 6.45) is 1.95. The Morgan fingerprint density at radius 1 is 0.958 bits per heavy atom. The van der Waals surface area contributed by atoms with Crippen LogP contribution in [0.4, 0.5) is 0 Å². The molecule has 5 nitrogen and oxygen atoms in total. The number of hydrogen-bond donors (Lipinski definition) is 0. The third kappa shape index (κ3) is 2.56. The van der Waals surface area contributed by atoms with Gasteiger partial charge in [-0.2, -0.15) is 0 Å². The maximum absolute atomic E-state index is 5.48. The molecule has 0 bridgehead atoms. The second-order valence-electron chi connectivity index (χ2n) is 5.81. The van der Waals surface area contributed by atoms with Gasteiger partial charge in [0.1, 0.15) is 0 Å². The molecule has 5 heteroatoms. The number of hydrogen-bond acceptors (Lipinski definition) is 5. The van der Waals surface area contributed by atoms with E-state index in [0.717, 1.165) is 47.1 Å². The van der Waals surface area contributed by atoms with Crippen molar-refractivity contribution in [3.63, 3.8) is 0 Å². The zero-order chi connectivity index (χ0) is 16.5. The first-order chi connectivity index (χ1) is 11.8. The number of rotatable bonds is 4. The van der Waals surface area contributed by atoms with E-state index < -0.39 is 0 Å². The quantitative estimate of drug-likeness (QED) is 0.865. The smallest absolute Gasteiger partial charge is 0.231 e. The van der Waals surface area contributed by atoms with Crippen molar-refractivity contribution in [1.29, 1.82) is 0 Å². The minimum Gasteiger partial charge on any atom is -0.493 e. The predicted octanol–water partition coefficient (Wildman–Crippen LogP) is 3.37. The van der Waals surface area contributed by atoms with Crippen LogP contribution in [0.25, 0.3) is 0 Å². The molecule has 124 valence electrons. The van der Waals surface area contributed by atoms with Crippen molar-refractivity contribution in [3.8, 4) is 23.0 Å². The van der Waals surface area contributed by atoms with Crippen LogP contribution < -0.4 is 18.9 Å². The Morgan fingerprint density at radius 3 is 2.54 bits per heavy atom. The molecule has 0 spiro atoms. The van der Waals surface area contributed by atoms with E-state index in [1.807, 2.05) is 18.2 Å². The molecule has 0 unspecified atom stereocenters. The number of nitrogens with zero attached hydrogens (tertiary/aromatic N) is 1. The molecule has 1 aliphatic carbocycles. The van der Waals surface area contributed by atoms with Gasteiger partial charge in [0.2, 0.25) is 6.79 Å². The van der Waals surface area contributed by atoms with Crippen molar-refractivity contribution in [2.45, 2.75) is 19.4 Å². The third-order valence-electron chi connectivity index (χ3n) is 4.44. The van der Waals surface area contributed by atoms with Gasteiger partial charge in [-0.25, -0.2) is 0 Å². The van der Waals surface area contributed by atoms with E-state index in [1.165, 1.54) is 11.1 Å². The highest BCUT2D eigenvalue weighted by molar-refractivity contribution is 6.05. The lowest BCUT2D eigenvalue weighted by atomic mass is 10.1. The summed E-state index contributed by atoms with van der Waals surface area (Å²) in [5, 5.41) is 0. The van der Waals surface area contributed by atoms with E-state index in [9.17, 15) is 0 Å². The van der Waals surface area contributed by atoms with Crippen LogP contribution in [0.1, 0.15) is 23.1 Å². The van der Waals surface area contributed by atoms with Crippen molar-refractivity contribution >= 4 is 5.71 Å². The highest BCUT2D eigenvalue weighted by Crippen LogP contribution is 2.38. The monoisotopic (exact) mass is 325 g/mol. The largest absolute Gasteiger partial charge is 0.493 e. The summed E-state index contributed by atoms with van der Waals surface area (Å²) in [5.41, 5.74) is 4.68. The van der Waals surface area contributed by atoms with E-state index in [2.05, 4.69) is 12.1 Å². The van der Waals surface area contributed by atoms with Gasteiger partial charge in [0.25, 0.3) is 0 Å². The molecule has 2 aliphatic rings. The second-order valence-corrected chi connectivity index (χ2v) is 5.81. The van der Waals surface area contributed by atoms with Crippen molar-refractivity contribution < 1.29 is 18.9 Å². The molecular weight excluding hydrogens is 306 g/mol. The molecule has 4 rings (SSSR count). The maximum Gasteiger partial charge on any atom is 0.231 e. The molecule has 1 heterocycles. The van der Waals surface area contributed by atoms with Crippen LogP contribution in [0, 0.1) is 0 Å². The SMILES string of the molecule is COc1ccc(CN=C2CCc3cc4c(cc32)OCO4)cc1OC. The average Bonchev–Trinajstić information content (AvgIpc) is 3.23. The molecule has 0 atom stereocenters. The molecule has 0 saturated heterocycles. The lowest BCUT2D eigenvalue weighted by Gasteiger charge is -2.09. The zero-order valence-corrected chi connectivity index (χ0v) is 13.8. The van der Waals surface area contributed by atoms with Gasteiger partial charge < -0.3 is 18.9 Å². The Labute approximate surface area is 140 Å². The van der Waals surface area contributed by atoms with Crippen LogP contribution in [0.2, 0.25) is 0 Å². The predicted molar refractivity (Wildman–Crippen MR) is 90.7 cm³/mol. The number of methoxy groups -OCH3 is 2. The standard InChI is InChI=1S/C19H19NO4/c1-21-16-6-3-12(7-17(16)22-2)10-20-15-5-4-13-8-18-19(9-14(13)15)24-11-23-18/h3,6-9H,4-5,10-11H2,1-2H3. The van der Waals surface area contributed by atoms with Crippen LogP contribution in [-0.2, 0) is 13.0 Å². The summed E-state index contributed by atoms with van der Waals surface area (Å²) < 4.78 is 21.6. The van der Waals surface area contributed by atoms with Gasteiger partial charge in [-0.05, 0) is 48.2 Å². The Kier molecular flexibility index (Phi) is 3.76. The van der Waals surface area contributed by atoms with Crippen LogP contribution in [-0.4, -0.2) is 26.7 Å². The number of ether oxygens (including phenoxy) is 4. The Morgan fingerprint density at radius 2 is 1.75 bits per heavy atom. The molecule has 2 aromatic rings. The van der Waals surface area contributed by atoms with Crippen molar-refractivity contribution in [2.24, 2.45) is 4.99 Å². The molecule has 0 fully saturated rings. The normalized spacial score (nSPS) is 16.3. The lowest BCUT2D eigenvalue weighted by Crippen LogP contribution is -1.97. The first-order valence-electron chi connectivity index (χ1n) is 7.95. The lowest BCUT2D eigenvalue weighted by molar-refractivity contribution is 0.174. The second kappa shape index (κ2) is 6.07. The maximum atomic E-state index is 5.48. The summed E-state index contributed by atoms with van der Waals surface area (Å²) in [6, 6.07) is 10.0. The number of aliphatic imine (C=N–C) groups is 1. The summed E-state index contributed by atoms with van der Waals surface area (Å²) in [7, 11) is 3.28. The summed E-state index contributed by atoms with van der Waals surface area (Å²) in [4.78, 5) is 4.82. The van der Waals surface area contributed by atoms with Crippen LogP contribution in [0.3, 0.4) is 0 Å². The van der Waals surface area contributed by atoms with Gasteiger partial charge in [-0.1, -0.05) is 6.07 Å². The van der Waals surface area contributed by atoms with Crippen LogP contribution in [0.5, 0.6) is 23.0 Å². The fourth-order valence-corrected chi connectivity index (χ4v) is 3.18. The molecule has 0 amide bonds. The molecule has 2 aromatic carbocycles. The minimum atomic E-state index is 0.302. The minimum absolute atomic E-state index is 0.302. The topological polar surface area (TPSA) is 49.3 Å². The Balaban J connectivity index is 1.58. The Hall–Kier alpha value is -2.69. The van der Waals surface area contributed by atoms with Crippen LogP contribution >= 0.6 is 0 Å². The van der Waals surface area contributed by atoms with Crippen molar-refractivity contribution in [1.82, 2.24) is 0 Å². The van der Waals surface area contributed by atoms with Gasteiger partial charge in [-0.3, -0.25) is 4.99 Å². The van der Waals surface area contributed by atoms with E-state index >= 15 is 0 Å². The number of aryl methyl sites for hydroxylation is 1. The van der Waals surface area contributed by atoms with Gasteiger partial charge in [0, 0.05) is 11.3 Å². The van der Waals surface area contributed by atoms with E-state index in [4.69, 9.17) is 23.9 Å². The summed E-state index contributed by atoms with van der Waals surface area (Å²) in [6.45, 7) is 0.917. The molecule has 0 N–H and O–H groups in total. The average molecular weight is 325 g/mol. The van der Waals surface area contributed by atoms with Gasteiger partial charge in [0.05, 0.1) is 20.8 Å². The Bertz CT molecular complexity index is 813. The fraction of sp³-hybridized carbons (Fsp3) is 0.316. The highest BCUT2D eigenvalue weighted by atomic mass is 16.7. The number of benzene rings is 2. The van der Waals surface area contributed by atoms with Crippen molar-refractivity contribution in [3.05, 3.63) is 47.0 Å². The molecule has 0 saturated carbocycles. The number of fused-ring (bicyclic) bond motifs is 2. The molecule has 1 aliphatic heterocycles. The molecule has 24 heavy (non-hydrogen) atoms. The summed E-state index contributed by atoms with van der Waals surface area (Å²) in [5.74, 6) is 3.11. The van der Waals surface area contributed by atoms with Gasteiger partial charge >= 0.3 is 0 Å². The van der Waals surface area contributed by atoms with Gasteiger partial charge in [-0.15, -0.1) is 0 Å². The highest BCUT2D eigenvalue weighted by Gasteiger charge is 2.23. The fourth-order valence-electron chi connectivity index (χ4n) is 3.18. The molecule has 0 aromatic heterocycles. The first kappa shape index (κ1) is 14.9.